The second-order valence-electron chi connectivity index (χ2n) is 6.95. The topological polar surface area (TPSA) is 76.6 Å². The molecule has 1 aromatic heterocycles. The third kappa shape index (κ3) is 5.39. The largest absolute Gasteiger partial charge is 0.462 e. The summed E-state index contributed by atoms with van der Waals surface area (Å²) in [5, 5.41) is 0. The molecule has 3 rings (SSSR count). The molecule has 0 spiro atoms. The van der Waals surface area contributed by atoms with Crippen molar-refractivity contribution in [1.29, 1.82) is 0 Å². The highest BCUT2D eigenvalue weighted by Crippen LogP contribution is 2.21. The number of carbonyl (C=O) groups excluding carboxylic acids is 1. The lowest BCUT2D eigenvalue weighted by Gasteiger charge is -2.20. The Morgan fingerprint density at radius 3 is 2.57 bits per heavy atom. The number of ether oxygens (including phenoxy) is 1. The quantitative estimate of drug-likeness (QED) is 0.524. The van der Waals surface area contributed by atoms with Gasteiger partial charge in [-0.3, -0.25) is 4.98 Å². The van der Waals surface area contributed by atoms with Gasteiger partial charge in [-0.1, -0.05) is 25.0 Å². The van der Waals surface area contributed by atoms with Crippen molar-refractivity contribution in [3.05, 3.63) is 59.9 Å². The Morgan fingerprint density at radius 1 is 1.07 bits per heavy atom. The average Bonchev–Trinajstić information content (AvgIpc) is 3.02. The number of hydrogen-bond acceptors (Lipinski definition) is 5. The molecular formula is C21H26N2O4S. The van der Waals surface area contributed by atoms with Crippen molar-refractivity contribution in [2.24, 2.45) is 0 Å². The van der Waals surface area contributed by atoms with Crippen molar-refractivity contribution >= 4 is 16.0 Å². The van der Waals surface area contributed by atoms with Crippen LogP contribution in [0.5, 0.6) is 0 Å². The maximum Gasteiger partial charge on any atom is 0.338 e. The number of benzene rings is 1. The molecule has 0 N–H and O–H groups in total. The van der Waals surface area contributed by atoms with Gasteiger partial charge in [-0.25, -0.2) is 13.2 Å². The van der Waals surface area contributed by atoms with E-state index in [1.807, 2.05) is 12.1 Å². The molecule has 0 unspecified atom stereocenters. The lowest BCUT2D eigenvalue weighted by atomic mass is 10.2. The molecule has 2 aromatic rings. The first-order valence-corrected chi connectivity index (χ1v) is 11.2. The predicted octanol–water partition coefficient (Wildman–Crippen LogP) is 3.44. The van der Waals surface area contributed by atoms with E-state index in [0.29, 0.717) is 19.5 Å². The summed E-state index contributed by atoms with van der Waals surface area (Å²) < 4.78 is 32.6. The molecule has 0 radical (unpaired) electrons. The smallest absolute Gasteiger partial charge is 0.338 e. The Hall–Kier alpha value is -2.25. The van der Waals surface area contributed by atoms with Crippen molar-refractivity contribution in [3.8, 4) is 0 Å². The van der Waals surface area contributed by atoms with Gasteiger partial charge in [-0.2, -0.15) is 4.31 Å². The van der Waals surface area contributed by atoms with Crippen LogP contribution in [0, 0.1) is 0 Å². The number of rotatable bonds is 7. The van der Waals surface area contributed by atoms with Gasteiger partial charge in [0, 0.05) is 25.5 Å². The fourth-order valence-corrected chi connectivity index (χ4v) is 4.85. The summed E-state index contributed by atoms with van der Waals surface area (Å²) in [6.45, 7) is 1.34. The van der Waals surface area contributed by atoms with Crippen LogP contribution in [0.2, 0.25) is 0 Å². The summed E-state index contributed by atoms with van der Waals surface area (Å²) in [5.74, 6) is -0.501. The van der Waals surface area contributed by atoms with Crippen LogP contribution in [-0.2, 0) is 21.2 Å². The number of esters is 1. The van der Waals surface area contributed by atoms with Gasteiger partial charge in [0.15, 0.2) is 0 Å². The van der Waals surface area contributed by atoms with Crippen molar-refractivity contribution in [2.75, 3.05) is 19.7 Å². The maximum atomic E-state index is 12.9. The molecule has 1 aliphatic rings. The van der Waals surface area contributed by atoms with E-state index in [-0.39, 0.29) is 17.1 Å². The Labute approximate surface area is 166 Å². The number of aryl methyl sites for hydroxylation is 1. The number of pyridine rings is 1. The van der Waals surface area contributed by atoms with Crippen molar-refractivity contribution in [3.63, 3.8) is 0 Å². The molecule has 6 nitrogen and oxygen atoms in total. The zero-order chi connectivity index (χ0) is 19.8. The minimum absolute atomic E-state index is 0.152. The molecule has 1 saturated heterocycles. The molecule has 1 aliphatic heterocycles. The summed E-state index contributed by atoms with van der Waals surface area (Å²) in [4.78, 5) is 16.5. The van der Waals surface area contributed by atoms with Crippen molar-refractivity contribution in [2.45, 2.75) is 43.4 Å². The van der Waals surface area contributed by atoms with Gasteiger partial charge < -0.3 is 4.74 Å². The van der Waals surface area contributed by atoms with Gasteiger partial charge in [-0.05, 0) is 55.5 Å². The van der Waals surface area contributed by atoms with Crippen LogP contribution in [-0.4, -0.2) is 43.4 Å². The van der Waals surface area contributed by atoms with Crippen LogP contribution < -0.4 is 0 Å². The fraction of sp³-hybridized carbons (Fsp3) is 0.429. The highest BCUT2D eigenvalue weighted by Gasteiger charge is 2.25. The number of sulfonamides is 1. The molecule has 1 aromatic carbocycles. The van der Waals surface area contributed by atoms with E-state index in [4.69, 9.17) is 4.74 Å². The van der Waals surface area contributed by atoms with E-state index in [1.54, 1.807) is 30.6 Å². The molecule has 0 saturated carbocycles. The summed E-state index contributed by atoms with van der Waals surface area (Å²) in [7, 11) is -3.58. The van der Waals surface area contributed by atoms with Gasteiger partial charge in [0.05, 0.1) is 17.1 Å². The van der Waals surface area contributed by atoms with E-state index in [0.717, 1.165) is 37.7 Å². The number of nitrogens with zero attached hydrogens (tertiary/aromatic N) is 2. The molecule has 0 aliphatic carbocycles. The average molecular weight is 403 g/mol. The lowest BCUT2D eigenvalue weighted by molar-refractivity contribution is 0.0500. The van der Waals surface area contributed by atoms with Crippen molar-refractivity contribution < 1.29 is 17.9 Å². The van der Waals surface area contributed by atoms with E-state index in [9.17, 15) is 13.2 Å². The van der Waals surface area contributed by atoms with Gasteiger partial charge in [-0.15, -0.1) is 0 Å². The number of aromatic nitrogens is 1. The monoisotopic (exact) mass is 402 g/mol. The number of hydrogen-bond donors (Lipinski definition) is 0. The molecular weight excluding hydrogens is 376 g/mol. The van der Waals surface area contributed by atoms with Gasteiger partial charge >= 0.3 is 5.97 Å². The molecule has 0 atom stereocenters. The first-order chi connectivity index (χ1) is 13.6. The van der Waals surface area contributed by atoms with Crippen LogP contribution in [0.15, 0.2) is 53.7 Å². The Balaban J connectivity index is 1.59. The molecule has 150 valence electrons. The predicted molar refractivity (Wildman–Crippen MR) is 107 cm³/mol. The third-order valence-electron chi connectivity index (χ3n) is 4.84. The lowest BCUT2D eigenvalue weighted by Crippen LogP contribution is -2.32. The molecule has 0 bridgehead atoms. The normalized spacial score (nSPS) is 15.7. The van der Waals surface area contributed by atoms with E-state index in [2.05, 4.69) is 4.98 Å². The molecule has 2 heterocycles. The van der Waals surface area contributed by atoms with Crippen LogP contribution in [0.1, 0.15) is 48.0 Å². The third-order valence-corrected chi connectivity index (χ3v) is 6.73. The summed E-state index contributed by atoms with van der Waals surface area (Å²) in [6, 6.07) is 9.99. The molecule has 7 heteroatoms. The van der Waals surface area contributed by atoms with Crippen LogP contribution in [0.4, 0.5) is 0 Å². The minimum Gasteiger partial charge on any atom is -0.462 e. The number of carbonyl (C=O) groups is 1. The first kappa shape index (κ1) is 20.5. The van der Waals surface area contributed by atoms with Crippen LogP contribution >= 0.6 is 0 Å². The van der Waals surface area contributed by atoms with Crippen LogP contribution in [0.25, 0.3) is 0 Å². The minimum atomic E-state index is -3.58. The van der Waals surface area contributed by atoms with Crippen molar-refractivity contribution in [1.82, 2.24) is 9.29 Å². The van der Waals surface area contributed by atoms with E-state index < -0.39 is 16.0 Å². The molecule has 1 fully saturated rings. The van der Waals surface area contributed by atoms with Gasteiger partial charge in [0.2, 0.25) is 10.0 Å². The summed E-state index contributed by atoms with van der Waals surface area (Å²) in [5.41, 5.74) is 1.35. The second kappa shape index (κ2) is 9.80. The SMILES string of the molecule is O=C(OCCCc1cccnc1)c1cccc(S(=O)(=O)N2CCCCCC2)c1. The summed E-state index contributed by atoms with van der Waals surface area (Å²) in [6.07, 6.45) is 8.81. The van der Waals surface area contributed by atoms with Gasteiger partial charge in [0.1, 0.15) is 0 Å². The maximum absolute atomic E-state index is 12.9. The van der Waals surface area contributed by atoms with Crippen LogP contribution in [0.3, 0.4) is 0 Å². The standard InChI is InChI=1S/C21H26N2O4S/c24-21(27-15-7-9-18-8-6-12-22-17-18)19-10-5-11-20(16-19)28(25,26)23-13-3-1-2-4-14-23/h5-6,8,10-12,16-17H,1-4,7,9,13-15H2. The summed E-state index contributed by atoms with van der Waals surface area (Å²) >= 11 is 0. The highest BCUT2D eigenvalue weighted by atomic mass is 32.2. The Kier molecular flexibility index (Phi) is 7.17. The van der Waals surface area contributed by atoms with Gasteiger partial charge in [0.25, 0.3) is 0 Å². The second-order valence-corrected chi connectivity index (χ2v) is 8.88. The Morgan fingerprint density at radius 2 is 1.86 bits per heavy atom. The molecule has 28 heavy (non-hydrogen) atoms. The Bertz CT molecular complexity index is 876. The zero-order valence-corrected chi connectivity index (χ0v) is 16.7. The van der Waals surface area contributed by atoms with E-state index >= 15 is 0 Å². The zero-order valence-electron chi connectivity index (χ0n) is 15.9. The first-order valence-electron chi connectivity index (χ1n) is 9.73. The highest BCUT2D eigenvalue weighted by molar-refractivity contribution is 7.89. The molecule has 0 amide bonds. The van der Waals surface area contributed by atoms with E-state index in [1.165, 1.54) is 10.4 Å². The fourth-order valence-electron chi connectivity index (χ4n) is 3.29.